The first kappa shape index (κ1) is 17.6. The molecule has 0 radical (unpaired) electrons. The van der Waals surface area contributed by atoms with Crippen molar-refractivity contribution < 1.29 is 33.5 Å². The van der Waals surface area contributed by atoms with Gasteiger partial charge in [0.25, 0.3) is 5.91 Å². The van der Waals surface area contributed by atoms with E-state index in [9.17, 15) is 19.2 Å². The standard InChI is InChI=1S/C17H16N2O7/c1-24-16(23)17(8-7-14(21)26-17)19-15(22)12(10-25-19)18-13(20)9-11-5-3-2-4-6-11/h2-8,12H,9-10H2,1H3,(H,18,20)/t12-,17?/m1/s1. The summed E-state index contributed by atoms with van der Waals surface area (Å²) in [6.45, 7) is -0.205. The summed E-state index contributed by atoms with van der Waals surface area (Å²) in [6.07, 6.45) is 2.16. The molecule has 2 aliphatic heterocycles. The summed E-state index contributed by atoms with van der Waals surface area (Å²) in [5.74, 6) is -2.92. The zero-order valence-electron chi connectivity index (χ0n) is 13.8. The van der Waals surface area contributed by atoms with Gasteiger partial charge in [-0.2, -0.15) is 5.06 Å². The highest BCUT2D eigenvalue weighted by molar-refractivity contribution is 5.98. The van der Waals surface area contributed by atoms with Gasteiger partial charge in [-0.15, -0.1) is 0 Å². The Bertz CT molecular complexity index is 777. The van der Waals surface area contributed by atoms with Crippen molar-refractivity contribution in [2.45, 2.75) is 18.2 Å². The number of methoxy groups -OCH3 is 1. The van der Waals surface area contributed by atoms with Crippen LogP contribution in [0.4, 0.5) is 0 Å². The number of cyclic esters (lactones) is 1. The van der Waals surface area contributed by atoms with Crippen LogP contribution in [0.5, 0.6) is 0 Å². The first-order chi connectivity index (χ1) is 12.5. The Balaban J connectivity index is 1.69. The number of nitrogens with zero attached hydrogens (tertiary/aromatic N) is 1. The summed E-state index contributed by atoms with van der Waals surface area (Å²) >= 11 is 0. The molecule has 1 N–H and O–H groups in total. The number of hydrogen-bond donors (Lipinski definition) is 1. The molecule has 1 saturated heterocycles. The number of rotatable bonds is 5. The van der Waals surface area contributed by atoms with Gasteiger partial charge in [-0.25, -0.2) is 9.59 Å². The van der Waals surface area contributed by atoms with E-state index in [1.807, 2.05) is 6.07 Å². The summed E-state index contributed by atoms with van der Waals surface area (Å²) in [5, 5.41) is 3.16. The van der Waals surface area contributed by atoms with Gasteiger partial charge in [0, 0.05) is 12.2 Å². The van der Waals surface area contributed by atoms with Gasteiger partial charge in [-0.1, -0.05) is 30.3 Å². The largest absolute Gasteiger partial charge is 0.464 e. The summed E-state index contributed by atoms with van der Waals surface area (Å²) in [4.78, 5) is 53.4. The minimum Gasteiger partial charge on any atom is -0.464 e. The van der Waals surface area contributed by atoms with Crippen LogP contribution in [0.3, 0.4) is 0 Å². The predicted octanol–water partition coefficient (Wildman–Crippen LogP) is -0.530. The number of benzene rings is 1. The maximum atomic E-state index is 12.6. The topological polar surface area (TPSA) is 111 Å². The van der Waals surface area contributed by atoms with Crippen LogP contribution in [0, 0.1) is 0 Å². The predicted molar refractivity (Wildman–Crippen MR) is 84.9 cm³/mol. The lowest BCUT2D eigenvalue weighted by Gasteiger charge is -2.30. The molecule has 0 aromatic heterocycles. The molecule has 0 saturated carbocycles. The molecule has 2 amide bonds. The van der Waals surface area contributed by atoms with Crippen molar-refractivity contribution in [1.82, 2.24) is 10.4 Å². The van der Waals surface area contributed by atoms with Gasteiger partial charge in [-0.05, 0) is 5.56 Å². The highest BCUT2D eigenvalue weighted by atomic mass is 16.7. The van der Waals surface area contributed by atoms with E-state index in [1.165, 1.54) is 0 Å². The molecule has 0 spiro atoms. The number of esters is 2. The van der Waals surface area contributed by atoms with Crippen molar-refractivity contribution in [3.05, 3.63) is 48.0 Å². The summed E-state index contributed by atoms with van der Waals surface area (Å²) in [7, 11) is 1.09. The molecule has 26 heavy (non-hydrogen) atoms. The van der Waals surface area contributed by atoms with Gasteiger partial charge in [0.05, 0.1) is 13.5 Å². The fraction of sp³-hybridized carbons (Fsp3) is 0.294. The number of carbonyl (C=O) groups is 4. The quantitative estimate of drug-likeness (QED) is 0.703. The van der Waals surface area contributed by atoms with E-state index >= 15 is 0 Å². The monoisotopic (exact) mass is 360 g/mol. The SMILES string of the molecule is COC(=O)C1(N2OC[C@@H](NC(=O)Cc3ccccc3)C2=O)C=CC(=O)O1. The Morgan fingerprint density at radius 1 is 1.31 bits per heavy atom. The van der Waals surface area contributed by atoms with E-state index in [1.54, 1.807) is 24.3 Å². The number of hydrogen-bond acceptors (Lipinski definition) is 7. The average molecular weight is 360 g/mol. The zero-order chi connectivity index (χ0) is 18.7. The fourth-order valence-electron chi connectivity index (χ4n) is 2.67. The molecular weight excluding hydrogens is 344 g/mol. The number of carbonyl (C=O) groups excluding carboxylic acids is 4. The lowest BCUT2D eigenvalue weighted by Crippen LogP contribution is -2.56. The van der Waals surface area contributed by atoms with Gasteiger partial charge < -0.3 is 14.8 Å². The number of ether oxygens (including phenoxy) is 2. The van der Waals surface area contributed by atoms with E-state index in [0.717, 1.165) is 24.8 Å². The van der Waals surface area contributed by atoms with Crippen LogP contribution < -0.4 is 5.32 Å². The van der Waals surface area contributed by atoms with E-state index < -0.39 is 29.6 Å². The van der Waals surface area contributed by atoms with Crippen LogP contribution in [0.25, 0.3) is 0 Å². The third-order valence-corrected chi connectivity index (χ3v) is 3.89. The molecule has 2 aliphatic rings. The molecule has 3 rings (SSSR count). The molecule has 9 heteroatoms. The Morgan fingerprint density at radius 2 is 2.04 bits per heavy atom. The van der Waals surface area contributed by atoms with Crippen molar-refractivity contribution in [3.63, 3.8) is 0 Å². The minimum atomic E-state index is -2.12. The molecule has 1 aromatic carbocycles. The van der Waals surface area contributed by atoms with Crippen molar-refractivity contribution >= 4 is 23.8 Å². The zero-order valence-corrected chi connectivity index (χ0v) is 13.8. The summed E-state index contributed by atoms with van der Waals surface area (Å²) < 4.78 is 9.56. The van der Waals surface area contributed by atoms with Gasteiger partial charge >= 0.3 is 17.7 Å². The Morgan fingerprint density at radius 3 is 2.65 bits per heavy atom. The molecule has 2 heterocycles. The van der Waals surface area contributed by atoms with Crippen molar-refractivity contribution in [2.75, 3.05) is 13.7 Å². The average Bonchev–Trinajstić information content (AvgIpc) is 3.19. The van der Waals surface area contributed by atoms with E-state index in [-0.39, 0.29) is 18.9 Å². The van der Waals surface area contributed by atoms with Crippen LogP contribution >= 0.6 is 0 Å². The molecule has 1 unspecified atom stereocenters. The van der Waals surface area contributed by atoms with Crippen LogP contribution in [0.1, 0.15) is 5.56 Å². The second-order valence-corrected chi connectivity index (χ2v) is 5.65. The Hall–Kier alpha value is -3.20. The maximum absolute atomic E-state index is 12.6. The van der Waals surface area contributed by atoms with Gasteiger partial charge in [-0.3, -0.25) is 14.4 Å². The number of hydroxylamine groups is 2. The lowest BCUT2D eigenvalue weighted by molar-refractivity contribution is -0.247. The van der Waals surface area contributed by atoms with Gasteiger partial charge in [0.15, 0.2) is 0 Å². The van der Waals surface area contributed by atoms with Crippen molar-refractivity contribution in [1.29, 1.82) is 0 Å². The molecule has 136 valence electrons. The van der Waals surface area contributed by atoms with E-state index in [0.29, 0.717) is 5.06 Å². The second kappa shape index (κ2) is 6.96. The first-order valence-corrected chi connectivity index (χ1v) is 7.77. The molecule has 1 fully saturated rings. The van der Waals surface area contributed by atoms with Crippen LogP contribution in [0.15, 0.2) is 42.5 Å². The lowest BCUT2D eigenvalue weighted by atomic mass is 10.1. The summed E-state index contributed by atoms with van der Waals surface area (Å²) in [5.41, 5.74) is -1.34. The fourth-order valence-corrected chi connectivity index (χ4v) is 2.67. The van der Waals surface area contributed by atoms with Crippen LogP contribution in [0.2, 0.25) is 0 Å². The molecule has 2 atom stereocenters. The molecule has 0 bridgehead atoms. The Labute approximate surface area is 148 Å². The normalized spacial score (nSPS) is 24.5. The molecular formula is C17H16N2O7. The van der Waals surface area contributed by atoms with Gasteiger partial charge in [0.2, 0.25) is 5.91 Å². The van der Waals surface area contributed by atoms with E-state index in [2.05, 4.69) is 10.1 Å². The highest BCUT2D eigenvalue weighted by Crippen LogP contribution is 2.30. The molecule has 0 aliphatic carbocycles. The second-order valence-electron chi connectivity index (χ2n) is 5.65. The van der Waals surface area contributed by atoms with Crippen molar-refractivity contribution in [2.24, 2.45) is 0 Å². The number of amides is 2. The van der Waals surface area contributed by atoms with Crippen LogP contribution in [-0.2, 0) is 39.9 Å². The summed E-state index contributed by atoms with van der Waals surface area (Å²) in [6, 6.07) is 7.99. The minimum absolute atomic E-state index is 0.0850. The van der Waals surface area contributed by atoms with Crippen LogP contribution in [-0.4, -0.2) is 54.3 Å². The third-order valence-electron chi connectivity index (χ3n) is 3.89. The Kier molecular flexibility index (Phi) is 4.72. The highest BCUT2D eigenvalue weighted by Gasteiger charge is 2.57. The molecule has 1 aromatic rings. The maximum Gasteiger partial charge on any atom is 0.379 e. The van der Waals surface area contributed by atoms with E-state index in [4.69, 9.17) is 9.57 Å². The first-order valence-electron chi connectivity index (χ1n) is 7.77. The smallest absolute Gasteiger partial charge is 0.379 e. The van der Waals surface area contributed by atoms with Crippen molar-refractivity contribution in [3.8, 4) is 0 Å². The molecule has 9 nitrogen and oxygen atoms in total. The third kappa shape index (κ3) is 3.16. The number of nitrogens with one attached hydrogen (secondary N) is 1. The van der Waals surface area contributed by atoms with Gasteiger partial charge in [0.1, 0.15) is 12.6 Å².